The average molecular weight is 334 g/mol. The van der Waals surface area contributed by atoms with E-state index in [2.05, 4.69) is 14.7 Å². The van der Waals surface area contributed by atoms with Gasteiger partial charge in [0.15, 0.2) is 0 Å². The van der Waals surface area contributed by atoms with Crippen LogP contribution in [0.5, 0.6) is 5.75 Å². The third-order valence-corrected chi connectivity index (χ3v) is 4.67. The van der Waals surface area contributed by atoms with Crippen LogP contribution in [-0.2, 0) is 14.8 Å². The van der Waals surface area contributed by atoms with Crippen molar-refractivity contribution < 1.29 is 17.9 Å². The van der Waals surface area contributed by atoms with Gasteiger partial charge in [0.2, 0.25) is 11.9 Å². The molecule has 1 aliphatic heterocycles. The maximum atomic E-state index is 12.4. The lowest BCUT2D eigenvalue weighted by molar-refractivity contribution is -0.118. The molecular formula is C14H14N4O4S. The third-order valence-electron chi connectivity index (χ3n) is 3.34. The number of carbonyl (C=O) groups is 1. The molecule has 0 radical (unpaired) electrons. The van der Waals surface area contributed by atoms with E-state index in [0.717, 1.165) is 0 Å². The molecule has 1 aliphatic rings. The average Bonchev–Trinajstić information content (AvgIpc) is 2.67. The van der Waals surface area contributed by atoms with E-state index in [9.17, 15) is 13.2 Å². The highest BCUT2D eigenvalue weighted by Gasteiger charge is 2.23. The Bertz CT molecular complexity index is 839. The second-order valence-electron chi connectivity index (χ2n) is 4.86. The third kappa shape index (κ3) is 3.09. The monoisotopic (exact) mass is 334 g/mol. The highest BCUT2D eigenvalue weighted by molar-refractivity contribution is 7.92. The van der Waals surface area contributed by atoms with Gasteiger partial charge < -0.3 is 9.64 Å². The topological polar surface area (TPSA) is 101 Å². The number of hydrogen-bond acceptors (Lipinski definition) is 6. The molecule has 3 rings (SSSR count). The lowest BCUT2D eigenvalue weighted by atomic mass is 10.2. The van der Waals surface area contributed by atoms with E-state index in [1.807, 2.05) is 0 Å². The number of nitrogens with one attached hydrogen (secondary N) is 1. The summed E-state index contributed by atoms with van der Waals surface area (Å²) in [4.78, 5) is 20.9. The predicted molar refractivity (Wildman–Crippen MR) is 82.8 cm³/mol. The number of ether oxygens (including phenoxy) is 1. The molecule has 1 aromatic carbocycles. The standard InChI is InChI=1S/C14H14N4O4S/c1-18-11-9-10(3-4-12(11)22-8-5-13(18)19)23(20,21)17-14-15-6-2-7-16-14/h2-4,6-7,9H,5,8H2,1H3,(H,15,16,17). The molecule has 0 unspecified atom stereocenters. The molecule has 1 N–H and O–H groups in total. The normalized spacial score (nSPS) is 14.7. The molecule has 9 heteroatoms. The minimum absolute atomic E-state index is 0.00569. The van der Waals surface area contributed by atoms with Crippen LogP contribution in [0.4, 0.5) is 11.6 Å². The molecule has 0 saturated heterocycles. The number of rotatable bonds is 3. The first kappa shape index (κ1) is 15.2. The van der Waals surface area contributed by atoms with Crippen LogP contribution in [-0.4, -0.2) is 37.9 Å². The van der Waals surface area contributed by atoms with Gasteiger partial charge in [-0.2, -0.15) is 0 Å². The summed E-state index contributed by atoms with van der Waals surface area (Å²) in [5.41, 5.74) is 0.407. The molecule has 8 nitrogen and oxygen atoms in total. The number of amides is 1. The molecular weight excluding hydrogens is 320 g/mol. The highest BCUT2D eigenvalue weighted by atomic mass is 32.2. The maximum Gasteiger partial charge on any atom is 0.264 e. The molecule has 0 atom stereocenters. The fourth-order valence-corrected chi connectivity index (χ4v) is 3.11. The first-order chi connectivity index (χ1) is 11.0. The predicted octanol–water partition coefficient (Wildman–Crippen LogP) is 1.02. The van der Waals surface area contributed by atoms with Gasteiger partial charge in [0, 0.05) is 19.4 Å². The van der Waals surface area contributed by atoms with E-state index in [-0.39, 0.29) is 29.8 Å². The van der Waals surface area contributed by atoms with Gasteiger partial charge in [-0.15, -0.1) is 0 Å². The molecule has 2 heterocycles. The van der Waals surface area contributed by atoms with E-state index in [0.29, 0.717) is 11.4 Å². The Kier molecular flexibility index (Phi) is 3.87. The van der Waals surface area contributed by atoms with Crippen molar-refractivity contribution in [1.29, 1.82) is 0 Å². The van der Waals surface area contributed by atoms with Crippen molar-refractivity contribution in [3.05, 3.63) is 36.7 Å². The quantitative estimate of drug-likeness (QED) is 0.899. The minimum atomic E-state index is -3.87. The number of benzene rings is 1. The molecule has 23 heavy (non-hydrogen) atoms. The number of anilines is 2. The van der Waals surface area contributed by atoms with Crippen LogP contribution in [0.2, 0.25) is 0 Å². The van der Waals surface area contributed by atoms with Gasteiger partial charge in [-0.3, -0.25) is 4.79 Å². The van der Waals surface area contributed by atoms with E-state index in [1.165, 1.54) is 35.5 Å². The lowest BCUT2D eigenvalue weighted by Gasteiger charge is -2.17. The number of sulfonamides is 1. The molecule has 0 aliphatic carbocycles. The van der Waals surface area contributed by atoms with Crippen LogP contribution in [0.15, 0.2) is 41.6 Å². The Morgan fingerprint density at radius 1 is 1.26 bits per heavy atom. The second kappa shape index (κ2) is 5.84. The van der Waals surface area contributed by atoms with Crippen LogP contribution in [0.3, 0.4) is 0 Å². The van der Waals surface area contributed by atoms with Crippen molar-refractivity contribution in [3.63, 3.8) is 0 Å². The Labute approximate surface area is 133 Å². The van der Waals surface area contributed by atoms with Crippen molar-refractivity contribution in [2.45, 2.75) is 11.3 Å². The van der Waals surface area contributed by atoms with Crippen molar-refractivity contribution in [2.24, 2.45) is 0 Å². The molecule has 0 spiro atoms. The number of fused-ring (bicyclic) bond motifs is 1. The van der Waals surface area contributed by atoms with Crippen molar-refractivity contribution in [1.82, 2.24) is 9.97 Å². The van der Waals surface area contributed by atoms with Gasteiger partial charge in [-0.25, -0.2) is 23.1 Å². The Hall–Kier alpha value is -2.68. The molecule has 1 aromatic heterocycles. The van der Waals surface area contributed by atoms with Crippen LogP contribution in [0.1, 0.15) is 6.42 Å². The number of carbonyl (C=O) groups excluding carboxylic acids is 1. The van der Waals surface area contributed by atoms with E-state index in [4.69, 9.17) is 4.74 Å². The molecule has 0 saturated carbocycles. The number of hydrogen-bond donors (Lipinski definition) is 1. The van der Waals surface area contributed by atoms with Crippen LogP contribution < -0.4 is 14.4 Å². The summed E-state index contributed by atoms with van der Waals surface area (Å²) in [6.45, 7) is 0.262. The molecule has 120 valence electrons. The lowest BCUT2D eigenvalue weighted by Crippen LogP contribution is -2.25. The van der Waals surface area contributed by atoms with Crippen LogP contribution >= 0.6 is 0 Å². The fraction of sp³-hybridized carbons (Fsp3) is 0.214. The summed E-state index contributed by atoms with van der Waals surface area (Å²) >= 11 is 0. The highest BCUT2D eigenvalue weighted by Crippen LogP contribution is 2.33. The zero-order valence-corrected chi connectivity index (χ0v) is 13.1. The summed E-state index contributed by atoms with van der Waals surface area (Å²) in [5.74, 6) is 0.300. The van der Waals surface area contributed by atoms with Gasteiger partial charge in [0.25, 0.3) is 10.0 Å². The van der Waals surface area contributed by atoms with Gasteiger partial charge in [-0.1, -0.05) is 0 Å². The smallest absolute Gasteiger partial charge is 0.264 e. The van der Waals surface area contributed by atoms with E-state index in [1.54, 1.807) is 13.1 Å². The molecule has 0 fully saturated rings. The number of aromatic nitrogens is 2. The van der Waals surface area contributed by atoms with Crippen molar-refractivity contribution in [3.8, 4) is 5.75 Å². The molecule has 2 aromatic rings. The fourth-order valence-electron chi connectivity index (χ4n) is 2.13. The molecule has 0 bridgehead atoms. The number of nitrogens with zero attached hydrogens (tertiary/aromatic N) is 3. The SMILES string of the molecule is CN1C(=O)CCOc2ccc(S(=O)(=O)Nc3ncccn3)cc21. The first-order valence-electron chi connectivity index (χ1n) is 6.80. The van der Waals surface area contributed by atoms with E-state index >= 15 is 0 Å². The first-order valence-corrected chi connectivity index (χ1v) is 8.29. The van der Waals surface area contributed by atoms with Crippen LogP contribution in [0.25, 0.3) is 0 Å². The van der Waals surface area contributed by atoms with Gasteiger partial charge in [0.1, 0.15) is 5.75 Å². The Morgan fingerprint density at radius 2 is 2.00 bits per heavy atom. The summed E-state index contributed by atoms with van der Waals surface area (Å²) in [6, 6.07) is 5.92. The summed E-state index contributed by atoms with van der Waals surface area (Å²) in [7, 11) is -2.28. The van der Waals surface area contributed by atoms with Crippen molar-refractivity contribution >= 4 is 27.6 Å². The Morgan fingerprint density at radius 3 is 2.74 bits per heavy atom. The Balaban J connectivity index is 1.98. The van der Waals surface area contributed by atoms with E-state index < -0.39 is 10.0 Å². The largest absolute Gasteiger partial charge is 0.491 e. The van der Waals surface area contributed by atoms with Crippen LogP contribution in [0, 0.1) is 0 Å². The zero-order valence-electron chi connectivity index (χ0n) is 12.3. The summed E-state index contributed by atoms with van der Waals surface area (Å²) in [5, 5.41) is 0. The summed E-state index contributed by atoms with van der Waals surface area (Å²) < 4.78 is 32.6. The van der Waals surface area contributed by atoms with Gasteiger partial charge >= 0.3 is 0 Å². The zero-order chi connectivity index (χ0) is 16.4. The van der Waals surface area contributed by atoms with Gasteiger partial charge in [-0.05, 0) is 24.3 Å². The van der Waals surface area contributed by atoms with Crippen molar-refractivity contribution in [2.75, 3.05) is 23.3 Å². The summed E-state index contributed by atoms with van der Waals surface area (Å²) in [6.07, 6.45) is 3.10. The molecule has 1 amide bonds. The minimum Gasteiger partial charge on any atom is -0.491 e. The van der Waals surface area contributed by atoms with Gasteiger partial charge in [0.05, 0.1) is 23.6 Å². The second-order valence-corrected chi connectivity index (χ2v) is 6.54. The maximum absolute atomic E-state index is 12.4.